The van der Waals surface area contributed by atoms with Crippen LogP contribution in [0.3, 0.4) is 0 Å². The molecule has 2 amide bonds. The molecule has 0 aliphatic carbocycles. The monoisotopic (exact) mass is 1320 g/mol. The molecule has 0 bridgehead atoms. The molecule has 0 aliphatic heterocycles. The van der Waals surface area contributed by atoms with Gasteiger partial charge in [0.05, 0.1) is 77.1 Å². The molecule has 0 radical (unpaired) electrons. The van der Waals surface area contributed by atoms with E-state index in [1.165, 1.54) is 160 Å². The summed E-state index contributed by atoms with van der Waals surface area (Å²) in [6.07, 6.45) is 47.2. The summed E-state index contributed by atoms with van der Waals surface area (Å²) in [5, 5.41) is 35.6. The molecule has 0 aromatic rings. The highest BCUT2D eigenvalue weighted by atomic mass is 31.2. The maximum Gasteiger partial charge on any atom is 0.475 e. The molecule has 0 aromatic carbocycles. The predicted molar refractivity (Wildman–Crippen MR) is 380 cm³/mol. The summed E-state index contributed by atoms with van der Waals surface area (Å²) in [6, 6.07) is -0.0239. The minimum atomic E-state index is -3.79. The molecule has 18 heteroatoms. The van der Waals surface area contributed by atoms with Crippen molar-refractivity contribution < 1.29 is 61.6 Å². The molecule has 6 atom stereocenters. The Morgan fingerprint density at radius 2 is 0.811 bits per heavy atom. The van der Waals surface area contributed by atoms with Crippen molar-refractivity contribution in [2.24, 2.45) is 0 Å². The van der Waals surface area contributed by atoms with Gasteiger partial charge in [0, 0.05) is 38.1 Å². The molecule has 538 valence electrons. The number of aliphatic hydroxyl groups is 3. The number of nitrogens with one attached hydrogen (secondary N) is 2. The van der Waals surface area contributed by atoms with Crippen molar-refractivity contribution in [1.29, 1.82) is 0 Å². The van der Waals surface area contributed by atoms with Crippen molar-refractivity contribution in [2.75, 3.05) is 66.1 Å². The van der Waals surface area contributed by atoms with Crippen LogP contribution in [0.15, 0.2) is 25.3 Å². The number of ether oxygens (including phenoxy) is 2. The molecule has 0 rings (SSSR count). The Morgan fingerprint density at radius 1 is 0.444 bits per heavy atom. The third-order valence-electron chi connectivity index (χ3n) is 15.3. The molecule has 16 nitrogen and oxygen atoms in total. The van der Waals surface area contributed by atoms with Gasteiger partial charge in [0.15, 0.2) is 0 Å². The largest absolute Gasteiger partial charge is 0.475 e. The molecule has 0 spiro atoms. The fraction of sp³-hybridized carbons (Fsp3) is 0.917. The van der Waals surface area contributed by atoms with Crippen molar-refractivity contribution in [2.45, 2.75) is 362 Å². The number of aliphatic hydroxyl groups excluding tert-OH is 3. The first kappa shape index (κ1) is 92.8. The smallest absolute Gasteiger partial charge is 0.394 e. The lowest BCUT2D eigenvalue weighted by atomic mass is 10.1. The predicted octanol–water partition coefficient (Wildman–Crippen LogP) is 19.3. The third kappa shape index (κ3) is 65.3. The Bertz CT molecular complexity index is 1560. The van der Waals surface area contributed by atoms with Gasteiger partial charge in [-0.05, 0) is 79.1 Å². The van der Waals surface area contributed by atoms with Crippen molar-refractivity contribution in [3.8, 4) is 0 Å². The highest BCUT2D eigenvalue weighted by Gasteiger charge is 2.29. The number of hydrogen-bond donors (Lipinski definition) is 5. The van der Waals surface area contributed by atoms with Crippen LogP contribution < -0.4 is 10.6 Å². The Kier molecular flexibility index (Phi) is 74.2. The lowest BCUT2D eigenvalue weighted by molar-refractivity contribution is -0.123. The van der Waals surface area contributed by atoms with Crippen LogP contribution >= 0.6 is 16.3 Å². The molecule has 0 saturated carbocycles. The second kappa shape index (κ2) is 71.9. The van der Waals surface area contributed by atoms with Gasteiger partial charge in [0.25, 0.3) is 8.53 Å². The average molecular weight is 1320 g/mol. The van der Waals surface area contributed by atoms with E-state index >= 15 is 0 Å². The van der Waals surface area contributed by atoms with Gasteiger partial charge in [-0.1, -0.05) is 246 Å². The van der Waals surface area contributed by atoms with Gasteiger partial charge in [-0.25, -0.2) is 9.24 Å². The standard InChI is InChI=1S/C33H66NO7P.C27H55NO4.C12H26NO2P/c1-5-9-11-13-14-15-16-17-18-20-22-24-33(36)34-31(30-41-42(37,39-26-7-3)40-27-8-4)29-38-28-25-32(35)23-21-19-12-10-6-2;1-3-5-7-9-10-11-12-13-14-16-18-20-27(31)28-25(23-29)24-32-22-21-26(30)19-17-15-8-6-4-2;1-7-9-14-16(15-10-8-2)13(11(3)4)12(5)6/h7,31-32,35H,3,5-6,8-30H2,1-2,4H3,(H,34,36);25-26,29-30H,3-24H2,1-2H3,(H,28,31);7,11-12H,1,8-10H2,2-6H3/t31-,32+,42?;25-,26-;/m01./s1. The van der Waals surface area contributed by atoms with Gasteiger partial charge >= 0.3 is 7.82 Å². The maximum absolute atomic E-state index is 13.0. The minimum absolute atomic E-state index is 0.00399. The van der Waals surface area contributed by atoms with Crippen molar-refractivity contribution in [3.63, 3.8) is 0 Å². The number of phosphoric ester groups is 1. The Labute approximate surface area is 556 Å². The molecule has 0 fully saturated rings. The van der Waals surface area contributed by atoms with Gasteiger partial charge in [0.2, 0.25) is 11.8 Å². The van der Waals surface area contributed by atoms with Crippen molar-refractivity contribution >= 4 is 28.2 Å². The first-order chi connectivity index (χ1) is 43.6. The zero-order valence-corrected chi connectivity index (χ0v) is 61.9. The van der Waals surface area contributed by atoms with E-state index in [1.54, 1.807) is 6.08 Å². The number of nitrogens with zero attached hydrogens (tertiary/aromatic N) is 1. The van der Waals surface area contributed by atoms with Gasteiger partial charge < -0.3 is 44.5 Å². The Hall–Kier alpha value is -1.36. The highest BCUT2D eigenvalue weighted by molar-refractivity contribution is 7.48. The van der Waals surface area contributed by atoms with E-state index in [0.717, 1.165) is 77.2 Å². The van der Waals surface area contributed by atoms with Crippen LogP contribution in [0.25, 0.3) is 0 Å². The Balaban J connectivity index is -0.00000138. The molecule has 0 aliphatic rings. The van der Waals surface area contributed by atoms with Crippen LogP contribution in [0.4, 0.5) is 0 Å². The zero-order chi connectivity index (χ0) is 67.4. The number of carbonyl (C=O) groups is 2. The van der Waals surface area contributed by atoms with Gasteiger partial charge in [-0.15, -0.1) is 13.2 Å². The van der Waals surface area contributed by atoms with E-state index in [4.69, 9.17) is 32.1 Å². The van der Waals surface area contributed by atoms with E-state index in [2.05, 4.69) is 90.8 Å². The first-order valence-electron chi connectivity index (χ1n) is 36.9. The highest BCUT2D eigenvalue weighted by Crippen LogP contribution is 2.49. The van der Waals surface area contributed by atoms with Crippen LogP contribution in [0.2, 0.25) is 0 Å². The van der Waals surface area contributed by atoms with E-state index < -0.39 is 28.5 Å². The average Bonchev–Trinajstić information content (AvgIpc) is 2.78. The SMILES string of the molecule is C=CCOP(=O)(OCCC)OC[C@H](COCC[C@H](O)CCCCCCC)NC(=O)CCCCCCCCCCCCC.C=CCOP(OCCC)N(C(C)C)C(C)C.CCCCCCCCCCCCCC(=O)N[C@H](CO)COCC[C@H](O)CCCCCCC. The summed E-state index contributed by atoms with van der Waals surface area (Å²) in [6.45, 7) is 31.5. The minimum Gasteiger partial charge on any atom is -0.394 e. The van der Waals surface area contributed by atoms with E-state index in [-0.39, 0.29) is 57.0 Å². The zero-order valence-electron chi connectivity index (χ0n) is 60.2. The maximum atomic E-state index is 13.0. The summed E-state index contributed by atoms with van der Waals surface area (Å²) >= 11 is 0. The fourth-order valence-corrected chi connectivity index (χ4v) is 12.9. The molecule has 2 unspecified atom stereocenters. The second-order valence-corrected chi connectivity index (χ2v) is 28.2. The third-order valence-corrected chi connectivity index (χ3v) is 18.8. The van der Waals surface area contributed by atoms with Crippen molar-refractivity contribution in [1.82, 2.24) is 15.3 Å². The van der Waals surface area contributed by atoms with Gasteiger partial charge in [-0.3, -0.25) is 23.2 Å². The molecular weight excluding hydrogens is 1180 g/mol. The second-order valence-electron chi connectivity index (χ2n) is 25.1. The first-order valence-corrected chi connectivity index (χ1v) is 39.5. The topological polar surface area (TPSA) is 204 Å². The number of amides is 2. The van der Waals surface area contributed by atoms with E-state index in [0.29, 0.717) is 70.6 Å². The summed E-state index contributed by atoms with van der Waals surface area (Å²) in [7, 11) is -4.74. The summed E-state index contributed by atoms with van der Waals surface area (Å²) in [4.78, 5) is 24.8. The molecule has 90 heavy (non-hydrogen) atoms. The van der Waals surface area contributed by atoms with Crippen molar-refractivity contribution in [3.05, 3.63) is 25.3 Å². The fourth-order valence-electron chi connectivity index (χ4n) is 9.99. The van der Waals surface area contributed by atoms with Gasteiger partial charge in [0.1, 0.15) is 0 Å². The summed E-state index contributed by atoms with van der Waals surface area (Å²) in [5.74, 6) is -0.0813. The Morgan fingerprint density at radius 3 is 1.18 bits per heavy atom. The van der Waals surface area contributed by atoms with Crippen LogP contribution in [0.5, 0.6) is 0 Å². The molecule has 0 saturated heterocycles. The molecular formula is C72H147N3O13P2. The number of rotatable bonds is 67. The normalized spacial score (nSPS) is 13.9. The van der Waals surface area contributed by atoms with E-state index in [1.807, 2.05) is 6.92 Å². The number of carbonyl (C=O) groups excluding carboxylic acids is 2. The van der Waals surface area contributed by atoms with E-state index in [9.17, 15) is 29.5 Å². The molecule has 5 N–H and O–H groups in total. The lowest BCUT2D eigenvalue weighted by Gasteiger charge is -2.35. The van der Waals surface area contributed by atoms with Gasteiger partial charge in [-0.2, -0.15) is 0 Å². The van der Waals surface area contributed by atoms with Crippen LogP contribution in [-0.2, 0) is 46.2 Å². The lowest BCUT2D eigenvalue weighted by Crippen LogP contribution is -2.41. The summed E-state index contributed by atoms with van der Waals surface area (Å²) < 4.78 is 54.5. The summed E-state index contributed by atoms with van der Waals surface area (Å²) in [5.41, 5.74) is 0. The molecule has 0 aromatic heterocycles. The van der Waals surface area contributed by atoms with Crippen LogP contribution in [0.1, 0.15) is 326 Å². The quantitative estimate of drug-likeness (QED) is 0.0218. The number of phosphoric acid groups is 1. The number of unbranched alkanes of at least 4 members (excludes halogenated alkanes) is 28. The number of hydrogen-bond acceptors (Lipinski definition) is 14. The van der Waals surface area contributed by atoms with Crippen LogP contribution in [0, 0.1) is 0 Å². The van der Waals surface area contributed by atoms with Crippen LogP contribution in [-0.4, -0.2) is 134 Å². The molecule has 0 heterocycles.